The Bertz CT molecular complexity index is 1270. The van der Waals surface area contributed by atoms with Crippen LogP contribution < -0.4 is 0 Å². The van der Waals surface area contributed by atoms with E-state index in [0.29, 0.717) is 23.6 Å². The Morgan fingerprint density at radius 2 is 1.94 bits per heavy atom. The molecule has 8 heteroatoms. The van der Waals surface area contributed by atoms with Gasteiger partial charge in [-0.15, -0.1) is 0 Å². The van der Waals surface area contributed by atoms with Crippen LogP contribution in [0.5, 0.6) is 0 Å². The highest BCUT2D eigenvalue weighted by Gasteiger charge is 2.39. The van der Waals surface area contributed by atoms with Crippen LogP contribution in [0.3, 0.4) is 0 Å². The van der Waals surface area contributed by atoms with Gasteiger partial charge in [0, 0.05) is 36.7 Å². The van der Waals surface area contributed by atoms with E-state index in [0.717, 1.165) is 35.4 Å². The topological polar surface area (TPSA) is 66.6 Å². The number of carboxylic acid groups (broad SMARTS) is 1. The highest BCUT2D eigenvalue weighted by molar-refractivity contribution is 5.85. The zero-order chi connectivity index (χ0) is 25.5. The van der Waals surface area contributed by atoms with E-state index in [1.165, 1.54) is 13.8 Å². The van der Waals surface area contributed by atoms with Crippen molar-refractivity contribution in [3.05, 3.63) is 82.4 Å². The lowest BCUT2D eigenvalue weighted by Crippen LogP contribution is -2.48. The summed E-state index contributed by atoms with van der Waals surface area (Å²) in [4.78, 5) is 16.7. The smallest absolute Gasteiger partial charge is 0.328 e. The molecule has 0 aliphatic carbocycles. The van der Waals surface area contributed by atoms with Gasteiger partial charge in [0.2, 0.25) is 0 Å². The number of halogens is 3. The van der Waals surface area contributed by atoms with Gasteiger partial charge in [-0.05, 0) is 68.2 Å². The highest BCUT2D eigenvalue weighted by Crippen LogP contribution is 2.42. The molecule has 0 radical (unpaired) electrons. The van der Waals surface area contributed by atoms with Crippen LogP contribution in [0.4, 0.5) is 13.2 Å². The maximum Gasteiger partial charge on any atom is 0.328 e. The average molecular weight is 485 g/mol. The van der Waals surface area contributed by atoms with Crippen molar-refractivity contribution in [3.63, 3.8) is 0 Å². The first kappa shape index (κ1) is 24.7. The van der Waals surface area contributed by atoms with Crippen LogP contribution in [-0.4, -0.2) is 39.2 Å². The molecule has 1 aromatic heterocycles. The van der Waals surface area contributed by atoms with Crippen LogP contribution in [0.25, 0.3) is 17.4 Å². The van der Waals surface area contributed by atoms with Gasteiger partial charge in [0.15, 0.2) is 11.7 Å². The van der Waals surface area contributed by atoms with Crippen molar-refractivity contribution in [3.8, 4) is 11.3 Å². The number of alkyl halides is 1. The minimum absolute atomic E-state index is 0.0269. The fourth-order valence-corrected chi connectivity index (χ4v) is 4.70. The summed E-state index contributed by atoms with van der Waals surface area (Å²) in [5.74, 6) is -1.75. The molecule has 2 atom stereocenters. The zero-order valence-corrected chi connectivity index (χ0v) is 20.0. The van der Waals surface area contributed by atoms with Crippen molar-refractivity contribution in [1.29, 1.82) is 0 Å². The van der Waals surface area contributed by atoms with E-state index >= 15 is 8.78 Å². The van der Waals surface area contributed by atoms with Crippen molar-refractivity contribution in [1.82, 2.24) is 9.88 Å². The summed E-state index contributed by atoms with van der Waals surface area (Å²) in [5, 5.41) is 8.83. The molecule has 184 valence electrons. The first-order valence-corrected chi connectivity index (χ1v) is 11.3. The summed E-state index contributed by atoms with van der Waals surface area (Å²) in [5.41, 5.74) is 0.652. The summed E-state index contributed by atoms with van der Waals surface area (Å²) < 4.78 is 51.3. The molecule has 2 aromatic carbocycles. The van der Waals surface area contributed by atoms with Crippen LogP contribution in [-0.2, 0) is 11.2 Å². The number of rotatable bonds is 6. The van der Waals surface area contributed by atoms with Gasteiger partial charge < -0.3 is 9.52 Å². The molecule has 0 fully saturated rings. The Morgan fingerprint density at radius 3 is 2.51 bits per heavy atom. The lowest BCUT2D eigenvalue weighted by atomic mass is 9.82. The van der Waals surface area contributed by atoms with Gasteiger partial charge in [-0.3, -0.25) is 4.90 Å². The van der Waals surface area contributed by atoms with Crippen LogP contribution >= 0.6 is 0 Å². The minimum Gasteiger partial charge on any atom is -0.478 e. The van der Waals surface area contributed by atoms with Gasteiger partial charge in [-0.1, -0.05) is 12.1 Å². The van der Waals surface area contributed by atoms with Crippen LogP contribution in [0.2, 0.25) is 0 Å². The second-order valence-corrected chi connectivity index (χ2v) is 9.57. The average Bonchev–Trinajstić information content (AvgIpc) is 3.19. The monoisotopic (exact) mass is 484 g/mol. The number of fused-ring (bicyclic) bond motifs is 1. The molecular formula is C27H27F3N2O3. The molecule has 0 amide bonds. The van der Waals surface area contributed by atoms with E-state index in [4.69, 9.17) is 9.52 Å². The second kappa shape index (κ2) is 9.34. The first-order chi connectivity index (χ1) is 16.4. The van der Waals surface area contributed by atoms with Gasteiger partial charge >= 0.3 is 5.97 Å². The van der Waals surface area contributed by atoms with Gasteiger partial charge in [0.05, 0.1) is 12.2 Å². The van der Waals surface area contributed by atoms with Gasteiger partial charge in [0.1, 0.15) is 17.3 Å². The van der Waals surface area contributed by atoms with Crippen LogP contribution in [0.15, 0.2) is 47.0 Å². The van der Waals surface area contributed by atoms with E-state index in [2.05, 4.69) is 4.98 Å². The highest BCUT2D eigenvalue weighted by atomic mass is 19.1. The minimum atomic E-state index is -1.60. The van der Waals surface area contributed by atoms with Crippen molar-refractivity contribution in [2.45, 2.75) is 51.9 Å². The summed E-state index contributed by atoms with van der Waals surface area (Å²) in [6.45, 7) is 6.51. The Morgan fingerprint density at radius 1 is 1.26 bits per heavy atom. The second-order valence-electron chi connectivity index (χ2n) is 9.57. The molecule has 5 nitrogen and oxygen atoms in total. The third-order valence-corrected chi connectivity index (χ3v) is 6.11. The number of carboxylic acids is 1. The molecule has 35 heavy (non-hydrogen) atoms. The summed E-state index contributed by atoms with van der Waals surface area (Å²) >= 11 is 0. The first-order valence-electron chi connectivity index (χ1n) is 11.3. The third-order valence-electron chi connectivity index (χ3n) is 6.11. The van der Waals surface area contributed by atoms with Crippen LogP contribution in [0.1, 0.15) is 55.0 Å². The Balaban J connectivity index is 1.86. The van der Waals surface area contributed by atoms with Crippen LogP contribution in [0, 0.1) is 18.6 Å². The molecular weight excluding hydrogens is 457 g/mol. The van der Waals surface area contributed by atoms with E-state index in [1.54, 1.807) is 30.2 Å². The maximum absolute atomic E-state index is 15.4. The summed E-state index contributed by atoms with van der Waals surface area (Å²) in [6.07, 6.45) is 4.13. The molecule has 1 N–H and O–H groups in total. The van der Waals surface area contributed by atoms with E-state index in [9.17, 15) is 9.18 Å². The largest absolute Gasteiger partial charge is 0.478 e. The molecule has 0 unspecified atom stereocenters. The summed E-state index contributed by atoms with van der Waals surface area (Å²) in [6, 6.07) is 6.65. The van der Waals surface area contributed by atoms with Crippen molar-refractivity contribution >= 4 is 12.0 Å². The molecule has 3 aromatic rings. The van der Waals surface area contributed by atoms with E-state index < -0.39 is 29.3 Å². The number of hydrogen-bond donors (Lipinski definition) is 1. The van der Waals surface area contributed by atoms with Gasteiger partial charge in [-0.25, -0.2) is 22.9 Å². The Hall–Kier alpha value is -3.39. The number of nitrogens with zero attached hydrogens (tertiary/aromatic N) is 2. The normalized spacial score (nSPS) is 18.7. The fraction of sp³-hybridized carbons (Fsp3) is 0.333. The van der Waals surface area contributed by atoms with Gasteiger partial charge in [0.25, 0.3) is 0 Å². The molecule has 1 aliphatic heterocycles. The molecule has 4 rings (SSSR count). The van der Waals surface area contributed by atoms with Crippen molar-refractivity contribution in [2.75, 3.05) is 6.54 Å². The SMILES string of the molecule is Cc1ncc(-c2ccc3c(c2)C[C@@H](C)N(CC(C)(C)F)[C@@H]3c2c(F)cc(/C=C/C(=O)O)cc2F)o1. The molecule has 0 bridgehead atoms. The number of aliphatic carboxylic acids is 1. The number of benzene rings is 2. The predicted molar refractivity (Wildman–Crippen MR) is 127 cm³/mol. The Labute approximate surface area is 201 Å². The van der Waals surface area contributed by atoms with Crippen molar-refractivity contribution < 1.29 is 27.5 Å². The summed E-state index contributed by atoms with van der Waals surface area (Å²) in [7, 11) is 0. The number of aryl methyl sites for hydroxylation is 1. The lowest BCUT2D eigenvalue weighted by Gasteiger charge is -2.44. The zero-order valence-electron chi connectivity index (χ0n) is 20.0. The van der Waals surface area contributed by atoms with Crippen molar-refractivity contribution in [2.24, 2.45) is 0 Å². The maximum atomic E-state index is 15.4. The number of carbonyl (C=O) groups is 1. The quantitative estimate of drug-likeness (QED) is 0.428. The number of aromatic nitrogens is 1. The molecule has 0 saturated carbocycles. The van der Waals surface area contributed by atoms with E-state index in [1.807, 2.05) is 13.0 Å². The lowest BCUT2D eigenvalue weighted by molar-refractivity contribution is -0.131. The molecule has 0 spiro atoms. The molecule has 0 saturated heterocycles. The van der Waals surface area contributed by atoms with Gasteiger partial charge in [-0.2, -0.15) is 0 Å². The Kier molecular flexibility index (Phi) is 6.60. The standard InChI is InChI=1S/C27H27F3N2O3/c1-15-9-19-12-18(23-13-31-16(2)35-23)6-7-20(19)26(32(15)14-27(3,4)30)25-21(28)10-17(11-22(25)29)5-8-24(33)34/h5-8,10-13,15,26H,9,14H2,1-4H3,(H,33,34)/b8-5+/t15-,26+/m1/s1. The number of oxazole rings is 1. The molecule has 1 aliphatic rings. The van der Waals surface area contributed by atoms with E-state index in [-0.39, 0.29) is 23.7 Å². The fourth-order valence-electron chi connectivity index (χ4n) is 4.70. The molecule has 2 heterocycles. The number of hydrogen-bond acceptors (Lipinski definition) is 4. The predicted octanol–water partition coefficient (Wildman–Crippen LogP) is 6.11. The third kappa shape index (κ3) is 5.32.